The van der Waals surface area contributed by atoms with Gasteiger partial charge >= 0.3 is 0 Å². The lowest BCUT2D eigenvalue weighted by Crippen LogP contribution is -2.45. The van der Waals surface area contributed by atoms with E-state index in [1.807, 2.05) is 6.92 Å². The number of carbonyl (C=O) groups excluding carboxylic acids is 1. The topological polar surface area (TPSA) is 92.5 Å². The molecule has 2 rings (SSSR count). The molecule has 1 aliphatic heterocycles. The zero-order valence-corrected chi connectivity index (χ0v) is 15.9. The third kappa shape index (κ3) is 4.30. The lowest BCUT2D eigenvalue weighted by molar-refractivity contribution is -0.122. The number of aromatic nitrogens is 1. The fourth-order valence-corrected chi connectivity index (χ4v) is 5.27. The van der Waals surface area contributed by atoms with Crippen molar-refractivity contribution in [2.75, 3.05) is 19.6 Å². The molecule has 0 spiro atoms. The Hall–Kier alpha value is -1.67. The van der Waals surface area contributed by atoms with Gasteiger partial charge in [-0.2, -0.15) is 4.31 Å². The molecule has 2 heterocycles. The Morgan fingerprint density at radius 3 is 2.72 bits per heavy atom. The molecule has 0 radical (unpaired) electrons. The fraction of sp³-hybridized carbons (Fsp3) is 0.647. The molecule has 1 aromatic heterocycles. The maximum atomic E-state index is 13.0. The van der Waals surface area contributed by atoms with Crippen LogP contribution in [0.2, 0.25) is 0 Å². The predicted molar refractivity (Wildman–Crippen MR) is 94.4 cm³/mol. The summed E-state index contributed by atoms with van der Waals surface area (Å²) >= 11 is 0. The van der Waals surface area contributed by atoms with Gasteiger partial charge in [0.05, 0.1) is 0 Å². The summed E-state index contributed by atoms with van der Waals surface area (Å²) < 4.78 is 32.4. The molecule has 2 unspecified atom stereocenters. The van der Waals surface area contributed by atoms with E-state index >= 15 is 0 Å². The zero-order chi connectivity index (χ0) is 18.6. The molecule has 140 valence electrons. The van der Waals surface area contributed by atoms with Crippen LogP contribution in [0.4, 0.5) is 0 Å². The van der Waals surface area contributed by atoms with E-state index in [4.69, 9.17) is 4.52 Å². The first-order chi connectivity index (χ1) is 11.8. The lowest BCUT2D eigenvalue weighted by Gasteiger charge is -2.37. The maximum absolute atomic E-state index is 13.0. The number of piperidine rings is 1. The van der Waals surface area contributed by atoms with E-state index in [-0.39, 0.29) is 22.6 Å². The van der Waals surface area contributed by atoms with Crippen LogP contribution in [-0.2, 0) is 14.8 Å². The van der Waals surface area contributed by atoms with Crippen molar-refractivity contribution in [3.63, 3.8) is 0 Å². The summed E-state index contributed by atoms with van der Waals surface area (Å²) in [6.07, 6.45) is 3.56. The highest BCUT2D eigenvalue weighted by Gasteiger charge is 2.38. The molecule has 1 saturated heterocycles. The Labute approximate surface area is 149 Å². The average Bonchev–Trinajstić information content (AvgIpc) is 2.92. The van der Waals surface area contributed by atoms with Gasteiger partial charge in [0.15, 0.2) is 5.76 Å². The molecule has 1 N–H and O–H groups in total. The number of nitrogens with one attached hydrogen (secondary N) is 1. The van der Waals surface area contributed by atoms with E-state index in [0.717, 1.165) is 6.42 Å². The average molecular weight is 369 g/mol. The van der Waals surface area contributed by atoms with Crippen molar-refractivity contribution in [2.24, 2.45) is 11.8 Å². The van der Waals surface area contributed by atoms with Gasteiger partial charge in [-0.1, -0.05) is 24.6 Å². The standard InChI is InChI=1S/C17H27N3O4S/c1-5-8-18-16(21)10-15-7-9-20(11-14(15)6-2)25(22,23)17-12(3)19-24-13(17)4/h5,14-15H,1,6-11H2,2-4H3,(H,18,21). The fourth-order valence-electron chi connectivity index (χ4n) is 3.47. The Bertz CT molecular complexity index is 707. The Balaban J connectivity index is 2.10. The van der Waals surface area contributed by atoms with Crippen LogP contribution in [0.3, 0.4) is 0 Å². The van der Waals surface area contributed by atoms with E-state index in [2.05, 4.69) is 17.1 Å². The largest absolute Gasteiger partial charge is 0.360 e. The van der Waals surface area contributed by atoms with E-state index in [0.29, 0.717) is 43.9 Å². The first kappa shape index (κ1) is 19.7. The molecule has 8 heteroatoms. The van der Waals surface area contributed by atoms with E-state index in [1.54, 1.807) is 19.9 Å². The van der Waals surface area contributed by atoms with Crippen LogP contribution in [0, 0.1) is 25.7 Å². The van der Waals surface area contributed by atoms with Gasteiger partial charge in [-0.15, -0.1) is 6.58 Å². The summed E-state index contributed by atoms with van der Waals surface area (Å²) in [5, 5.41) is 6.55. The van der Waals surface area contributed by atoms with Gasteiger partial charge in [0.2, 0.25) is 15.9 Å². The van der Waals surface area contributed by atoms with Crippen LogP contribution >= 0.6 is 0 Å². The predicted octanol–water partition coefficient (Wildman–Crippen LogP) is 2.02. The van der Waals surface area contributed by atoms with Crippen molar-refractivity contribution < 1.29 is 17.7 Å². The summed E-state index contributed by atoms with van der Waals surface area (Å²) in [7, 11) is -3.63. The van der Waals surface area contributed by atoms with Gasteiger partial charge in [0.25, 0.3) is 0 Å². The minimum atomic E-state index is -3.63. The van der Waals surface area contributed by atoms with Gasteiger partial charge in [0.1, 0.15) is 10.6 Å². The second kappa shape index (κ2) is 8.14. The van der Waals surface area contributed by atoms with Crippen molar-refractivity contribution in [1.29, 1.82) is 0 Å². The Kier molecular flexibility index (Phi) is 6.40. The minimum absolute atomic E-state index is 0.00891. The van der Waals surface area contributed by atoms with Crippen molar-refractivity contribution in [2.45, 2.75) is 44.9 Å². The van der Waals surface area contributed by atoms with Gasteiger partial charge in [-0.3, -0.25) is 4.79 Å². The lowest BCUT2D eigenvalue weighted by atomic mass is 9.82. The summed E-state index contributed by atoms with van der Waals surface area (Å²) in [4.78, 5) is 12.1. The van der Waals surface area contributed by atoms with Gasteiger partial charge in [-0.25, -0.2) is 8.42 Å². The van der Waals surface area contributed by atoms with Gasteiger partial charge in [-0.05, 0) is 32.1 Å². The summed E-state index contributed by atoms with van der Waals surface area (Å²) in [6.45, 7) is 10.1. The number of sulfonamides is 1. The molecule has 1 amide bonds. The Morgan fingerprint density at radius 1 is 1.44 bits per heavy atom. The highest BCUT2D eigenvalue weighted by Crippen LogP contribution is 2.33. The molecular formula is C17H27N3O4S. The highest BCUT2D eigenvalue weighted by molar-refractivity contribution is 7.89. The van der Waals surface area contributed by atoms with Crippen LogP contribution in [0.1, 0.15) is 37.6 Å². The molecular weight excluding hydrogens is 342 g/mol. The number of hydrogen-bond donors (Lipinski definition) is 1. The van der Waals surface area contributed by atoms with Crippen molar-refractivity contribution in [3.8, 4) is 0 Å². The molecule has 2 atom stereocenters. The number of nitrogens with zero attached hydrogens (tertiary/aromatic N) is 2. The second-order valence-corrected chi connectivity index (χ2v) is 8.41. The smallest absolute Gasteiger partial charge is 0.248 e. The van der Waals surface area contributed by atoms with Gasteiger partial charge < -0.3 is 9.84 Å². The monoisotopic (exact) mass is 369 g/mol. The third-order valence-electron chi connectivity index (χ3n) is 4.84. The number of amides is 1. The molecule has 0 aromatic carbocycles. The molecule has 25 heavy (non-hydrogen) atoms. The van der Waals surface area contributed by atoms with E-state index in [9.17, 15) is 13.2 Å². The van der Waals surface area contributed by atoms with Crippen LogP contribution in [0.15, 0.2) is 22.1 Å². The molecule has 1 aromatic rings. The molecule has 0 saturated carbocycles. The third-order valence-corrected chi connectivity index (χ3v) is 6.95. The highest BCUT2D eigenvalue weighted by atomic mass is 32.2. The number of aryl methyl sites for hydroxylation is 2. The normalized spacial score (nSPS) is 21.9. The second-order valence-electron chi connectivity index (χ2n) is 6.53. The van der Waals surface area contributed by atoms with E-state index < -0.39 is 10.0 Å². The van der Waals surface area contributed by atoms with Crippen LogP contribution in [0.25, 0.3) is 0 Å². The molecule has 1 fully saturated rings. The molecule has 1 aliphatic rings. The van der Waals surface area contributed by atoms with Crippen LogP contribution in [0.5, 0.6) is 0 Å². The first-order valence-corrected chi connectivity index (χ1v) is 10.1. The molecule has 0 bridgehead atoms. The number of carbonyl (C=O) groups is 1. The van der Waals surface area contributed by atoms with Gasteiger partial charge in [0, 0.05) is 26.1 Å². The zero-order valence-electron chi connectivity index (χ0n) is 15.1. The van der Waals surface area contributed by atoms with Crippen molar-refractivity contribution in [3.05, 3.63) is 24.1 Å². The molecule has 0 aliphatic carbocycles. The summed E-state index contributed by atoms with van der Waals surface area (Å²) in [5.41, 5.74) is 0.386. The maximum Gasteiger partial charge on any atom is 0.248 e. The van der Waals surface area contributed by atoms with Crippen molar-refractivity contribution in [1.82, 2.24) is 14.8 Å². The quantitative estimate of drug-likeness (QED) is 0.742. The number of rotatable bonds is 7. The first-order valence-electron chi connectivity index (χ1n) is 8.61. The van der Waals surface area contributed by atoms with E-state index in [1.165, 1.54) is 4.31 Å². The van der Waals surface area contributed by atoms with Crippen LogP contribution in [-0.4, -0.2) is 43.4 Å². The summed E-state index contributed by atoms with van der Waals surface area (Å²) in [5.74, 6) is 0.645. The minimum Gasteiger partial charge on any atom is -0.360 e. The molecule has 7 nitrogen and oxygen atoms in total. The van der Waals surface area contributed by atoms with Crippen LogP contribution < -0.4 is 5.32 Å². The summed E-state index contributed by atoms with van der Waals surface area (Å²) in [6, 6.07) is 0. The number of hydrogen-bond acceptors (Lipinski definition) is 5. The SMILES string of the molecule is C=CCNC(=O)CC1CCN(S(=O)(=O)c2c(C)noc2C)CC1CC. The Morgan fingerprint density at radius 2 is 2.16 bits per heavy atom. The van der Waals surface area contributed by atoms with Crippen molar-refractivity contribution >= 4 is 15.9 Å².